The minimum absolute atomic E-state index is 0.143. The van der Waals surface area contributed by atoms with E-state index in [-0.39, 0.29) is 12.0 Å². The third kappa shape index (κ3) is 5.19. The number of aryl methyl sites for hydroxylation is 1. The van der Waals surface area contributed by atoms with Gasteiger partial charge in [0.05, 0.1) is 0 Å². The van der Waals surface area contributed by atoms with E-state index in [1.54, 1.807) is 12.3 Å². The maximum Gasteiger partial charge on any atom is 0.225 e. The number of ether oxygens (including phenoxy) is 1. The fourth-order valence-corrected chi connectivity index (χ4v) is 3.21. The van der Waals surface area contributed by atoms with Gasteiger partial charge >= 0.3 is 0 Å². The summed E-state index contributed by atoms with van der Waals surface area (Å²) in [6.07, 6.45) is 7.76. The van der Waals surface area contributed by atoms with Crippen LogP contribution in [0.1, 0.15) is 58.2 Å². The summed E-state index contributed by atoms with van der Waals surface area (Å²) in [6.45, 7) is 7.74. The van der Waals surface area contributed by atoms with E-state index in [1.165, 1.54) is 0 Å². The predicted octanol–water partition coefficient (Wildman–Crippen LogP) is 3.37. The van der Waals surface area contributed by atoms with Crippen molar-refractivity contribution in [3.63, 3.8) is 0 Å². The van der Waals surface area contributed by atoms with Gasteiger partial charge in [0.2, 0.25) is 11.8 Å². The third-order valence-corrected chi connectivity index (χ3v) is 4.42. The third-order valence-electron chi connectivity index (χ3n) is 4.42. The topological polar surface area (TPSA) is 55.3 Å². The summed E-state index contributed by atoms with van der Waals surface area (Å²) in [5.74, 6) is 1.89. The monoisotopic (exact) mass is 319 g/mol. The molecule has 0 unspecified atom stereocenters. The number of likely N-dealkylation sites (tertiary alicyclic amines) is 1. The first kappa shape index (κ1) is 17.7. The molecule has 1 aliphatic rings. The Morgan fingerprint density at radius 3 is 2.52 bits per heavy atom. The Bertz CT molecular complexity index is 493. The van der Waals surface area contributed by atoms with Crippen LogP contribution < -0.4 is 4.74 Å². The molecular formula is C18H29N3O2. The average molecular weight is 319 g/mol. The van der Waals surface area contributed by atoms with Gasteiger partial charge < -0.3 is 9.64 Å². The fourth-order valence-electron chi connectivity index (χ4n) is 3.21. The number of aromatic nitrogens is 2. The quantitative estimate of drug-likeness (QED) is 0.773. The highest BCUT2D eigenvalue weighted by Crippen LogP contribution is 2.22. The number of amides is 1. The smallest absolute Gasteiger partial charge is 0.225 e. The van der Waals surface area contributed by atoms with Gasteiger partial charge in [0.15, 0.2) is 0 Å². The molecular weight excluding hydrogens is 290 g/mol. The average Bonchev–Trinajstić information content (AvgIpc) is 2.55. The predicted molar refractivity (Wildman–Crippen MR) is 90.3 cm³/mol. The van der Waals surface area contributed by atoms with Gasteiger partial charge in [-0.3, -0.25) is 4.79 Å². The van der Waals surface area contributed by atoms with Crippen LogP contribution in [0.3, 0.4) is 0 Å². The van der Waals surface area contributed by atoms with Crippen molar-refractivity contribution in [2.45, 2.75) is 65.4 Å². The zero-order chi connectivity index (χ0) is 16.7. The minimum Gasteiger partial charge on any atom is -0.474 e. The number of carbonyl (C=O) groups is 1. The van der Waals surface area contributed by atoms with Crippen LogP contribution in [0.5, 0.6) is 5.88 Å². The highest BCUT2D eigenvalue weighted by Gasteiger charge is 2.28. The molecule has 23 heavy (non-hydrogen) atoms. The highest BCUT2D eigenvalue weighted by molar-refractivity contribution is 5.78. The molecule has 0 aliphatic carbocycles. The Morgan fingerprint density at radius 2 is 1.96 bits per heavy atom. The normalized spacial score (nSPS) is 15.9. The summed E-state index contributed by atoms with van der Waals surface area (Å²) in [7, 11) is 0. The van der Waals surface area contributed by atoms with E-state index < -0.39 is 0 Å². The molecule has 128 valence electrons. The first-order valence-electron chi connectivity index (χ1n) is 8.89. The molecule has 2 heterocycles. The van der Waals surface area contributed by atoms with Crippen LogP contribution in [0, 0.1) is 12.8 Å². The lowest BCUT2D eigenvalue weighted by atomic mass is 9.95. The Morgan fingerprint density at radius 1 is 1.30 bits per heavy atom. The summed E-state index contributed by atoms with van der Waals surface area (Å²) in [4.78, 5) is 23.0. The summed E-state index contributed by atoms with van der Waals surface area (Å²) in [6, 6.07) is 1.79. The van der Waals surface area contributed by atoms with Crippen LogP contribution in [0.25, 0.3) is 0 Å². The Balaban J connectivity index is 1.84. The van der Waals surface area contributed by atoms with E-state index >= 15 is 0 Å². The van der Waals surface area contributed by atoms with Gasteiger partial charge in [-0.05, 0) is 19.8 Å². The molecule has 0 N–H and O–H groups in total. The maximum atomic E-state index is 12.7. The zero-order valence-electron chi connectivity index (χ0n) is 14.6. The number of carbonyl (C=O) groups excluding carboxylic acids is 1. The van der Waals surface area contributed by atoms with E-state index in [1.807, 2.05) is 11.8 Å². The minimum atomic E-state index is 0.143. The summed E-state index contributed by atoms with van der Waals surface area (Å²) in [5, 5.41) is 0. The Hall–Kier alpha value is -1.65. The molecule has 0 saturated carbocycles. The maximum absolute atomic E-state index is 12.7. The van der Waals surface area contributed by atoms with Crippen LogP contribution in [0.15, 0.2) is 12.3 Å². The van der Waals surface area contributed by atoms with Gasteiger partial charge in [0.1, 0.15) is 11.9 Å². The van der Waals surface area contributed by atoms with Gasteiger partial charge in [-0.1, -0.05) is 26.7 Å². The number of rotatable bonds is 7. The number of hydrogen-bond acceptors (Lipinski definition) is 4. The molecule has 1 amide bonds. The van der Waals surface area contributed by atoms with Crippen molar-refractivity contribution in [2.24, 2.45) is 5.92 Å². The number of piperidine rings is 1. The lowest BCUT2D eigenvalue weighted by Crippen LogP contribution is -2.44. The van der Waals surface area contributed by atoms with Crippen LogP contribution >= 0.6 is 0 Å². The largest absolute Gasteiger partial charge is 0.474 e. The molecule has 0 spiro atoms. The summed E-state index contributed by atoms with van der Waals surface area (Å²) >= 11 is 0. The molecule has 5 nitrogen and oxygen atoms in total. The number of hydrogen-bond donors (Lipinski definition) is 0. The first-order chi connectivity index (χ1) is 11.1. The van der Waals surface area contributed by atoms with Gasteiger partial charge in [0, 0.05) is 44.1 Å². The van der Waals surface area contributed by atoms with Gasteiger partial charge in [-0.2, -0.15) is 4.98 Å². The molecule has 0 bridgehead atoms. The van der Waals surface area contributed by atoms with Crippen LogP contribution in [-0.2, 0) is 4.79 Å². The molecule has 2 rings (SSSR count). The van der Waals surface area contributed by atoms with E-state index in [2.05, 4.69) is 23.8 Å². The molecule has 0 aromatic carbocycles. The molecule has 5 heteroatoms. The molecule has 1 fully saturated rings. The van der Waals surface area contributed by atoms with Gasteiger partial charge in [0.25, 0.3) is 0 Å². The SMILES string of the molecule is CCCC(CCC)C(=O)N1CCC(Oc2ccnc(C)n2)CC1. The Labute approximate surface area is 139 Å². The van der Waals surface area contributed by atoms with Crippen LogP contribution in [0.4, 0.5) is 0 Å². The number of nitrogens with zero attached hydrogens (tertiary/aromatic N) is 3. The van der Waals surface area contributed by atoms with E-state index in [4.69, 9.17) is 4.74 Å². The van der Waals surface area contributed by atoms with Crippen LogP contribution in [-0.4, -0.2) is 40.0 Å². The van der Waals surface area contributed by atoms with E-state index in [0.29, 0.717) is 11.8 Å². The molecule has 1 aromatic heterocycles. The van der Waals surface area contributed by atoms with Crippen molar-refractivity contribution in [1.82, 2.24) is 14.9 Å². The fraction of sp³-hybridized carbons (Fsp3) is 0.722. The van der Waals surface area contributed by atoms with Crippen molar-refractivity contribution >= 4 is 5.91 Å². The van der Waals surface area contributed by atoms with Crippen molar-refractivity contribution in [3.8, 4) is 5.88 Å². The molecule has 1 aliphatic heterocycles. The molecule has 0 radical (unpaired) electrons. The summed E-state index contributed by atoms with van der Waals surface area (Å²) in [5.41, 5.74) is 0. The second-order valence-corrected chi connectivity index (χ2v) is 6.36. The van der Waals surface area contributed by atoms with Crippen molar-refractivity contribution < 1.29 is 9.53 Å². The molecule has 1 saturated heterocycles. The first-order valence-corrected chi connectivity index (χ1v) is 8.89. The van der Waals surface area contributed by atoms with Gasteiger partial charge in [-0.15, -0.1) is 0 Å². The van der Waals surface area contributed by atoms with Crippen molar-refractivity contribution in [1.29, 1.82) is 0 Å². The molecule has 0 atom stereocenters. The molecule has 1 aromatic rings. The van der Waals surface area contributed by atoms with E-state index in [0.717, 1.165) is 57.4 Å². The van der Waals surface area contributed by atoms with E-state index in [9.17, 15) is 4.79 Å². The second kappa shape index (κ2) is 8.85. The highest BCUT2D eigenvalue weighted by atomic mass is 16.5. The van der Waals surface area contributed by atoms with Gasteiger partial charge in [-0.25, -0.2) is 4.98 Å². The Kier molecular flexibility index (Phi) is 6.81. The lowest BCUT2D eigenvalue weighted by Gasteiger charge is -2.34. The lowest BCUT2D eigenvalue weighted by molar-refractivity contribution is -0.137. The second-order valence-electron chi connectivity index (χ2n) is 6.36. The zero-order valence-corrected chi connectivity index (χ0v) is 14.6. The van der Waals surface area contributed by atoms with Crippen molar-refractivity contribution in [3.05, 3.63) is 18.1 Å². The standard InChI is InChI=1S/C18H29N3O2/c1-4-6-15(7-5-2)18(22)21-12-9-16(10-13-21)23-17-8-11-19-14(3)20-17/h8,11,15-16H,4-7,9-10,12-13H2,1-3H3. The van der Waals surface area contributed by atoms with Crippen LogP contribution in [0.2, 0.25) is 0 Å². The summed E-state index contributed by atoms with van der Waals surface area (Å²) < 4.78 is 5.93. The van der Waals surface area contributed by atoms with Crippen molar-refractivity contribution in [2.75, 3.05) is 13.1 Å².